The van der Waals surface area contributed by atoms with E-state index >= 15 is 0 Å². The van der Waals surface area contributed by atoms with E-state index in [1.54, 1.807) is 4.57 Å². The maximum absolute atomic E-state index is 10.8. The van der Waals surface area contributed by atoms with Crippen molar-refractivity contribution in [3.8, 4) is 0 Å². The fraction of sp³-hybridized carbons (Fsp3) is 0.688. The summed E-state index contributed by atoms with van der Waals surface area (Å²) >= 11 is 0. The number of hydrogen-bond acceptors (Lipinski definition) is 11. The normalized spacial score (nSPS) is 29.0. The van der Waals surface area contributed by atoms with E-state index in [9.17, 15) is 10.00 Å². The molecule has 2 fully saturated rings. The molecule has 12 nitrogen and oxygen atoms in total. The van der Waals surface area contributed by atoms with E-state index in [1.807, 2.05) is 0 Å². The molecule has 4 rings (SSSR count). The van der Waals surface area contributed by atoms with Gasteiger partial charge in [0.15, 0.2) is 0 Å². The molecule has 30 heavy (non-hydrogen) atoms. The summed E-state index contributed by atoms with van der Waals surface area (Å²) in [5.41, 5.74) is 12.4. The fourth-order valence-corrected chi connectivity index (χ4v) is 5.12. The predicted molar refractivity (Wildman–Crippen MR) is 116 cm³/mol. The van der Waals surface area contributed by atoms with Crippen molar-refractivity contribution in [3.05, 3.63) is 6.33 Å². The summed E-state index contributed by atoms with van der Waals surface area (Å²) in [7, 11) is -1.75. The van der Waals surface area contributed by atoms with Gasteiger partial charge in [-0.3, -0.25) is 0 Å². The van der Waals surface area contributed by atoms with Crippen LogP contribution in [0.25, 0.3) is 11.2 Å². The molecular formula is C16H29BN7O5P. The standard InChI is InChI=1S/C16H29BN7O5P/c17-30(26)27-7-9-12(29-30)11(25)15(28-9)24-8-21-10-13(19)22-16(23-14(10)24)20-6-4-2-1-3-5-18/h8-9,11-12,15,25-26,30H,1-7,17-18H2,(H3,19,20,22,23)/t9-,11?,12+,15-/m1/s1. The number of nitrogens with zero attached hydrogens (tertiary/aromatic N) is 4. The Bertz CT molecular complexity index is 887. The van der Waals surface area contributed by atoms with Crippen molar-refractivity contribution >= 4 is 38.3 Å². The second kappa shape index (κ2) is 8.87. The Morgan fingerprint density at radius 3 is 2.90 bits per heavy atom. The van der Waals surface area contributed by atoms with Crippen LogP contribution >= 0.6 is 7.82 Å². The summed E-state index contributed by atoms with van der Waals surface area (Å²) in [4.78, 5) is 23.2. The van der Waals surface area contributed by atoms with E-state index in [2.05, 4.69) is 20.3 Å². The van der Waals surface area contributed by atoms with Gasteiger partial charge in [0.25, 0.3) is 0 Å². The van der Waals surface area contributed by atoms with Crippen molar-refractivity contribution in [1.29, 1.82) is 0 Å². The van der Waals surface area contributed by atoms with E-state index in [0.29, 0.717) is 30.2 Å². The molecule has 0 spiro atoms. The quantitative estimate of drug-likeness (QED) is 0.194. The minimum atomic E-state index is -3.26. The van der Waals surface area contributed by atoms with Gasteiger partial charge in [0, 0.05) is 0 Å². The molecule has 0 aromatic carbocycles. The van der Waals surface area contributed by atoms with Crippen LogP contribution in [-0.2, 0) is 13.8 Å². The van der Waals surface area contributed by atoms with Crippen LogP contribution in [-0.4, -0.2) is 75.1 Å². The van der Waals surface area contributed by atoms with Crippen molar-refractivity contribution in [1.82, 2.24) is 19.5 Å². The van der Waals surface area contributed by atoms with Gasteiger partial charge in [-0.1, -0.05) is 6.42 Å². The number of rotatable bonds is 8. The molecule has 7 N–H and O–H groups in total. The zero-order chi connectivity index (χ0) is 21.3. The third kappa shape index (κ3) is 4.38. The van der Waals surface area contributed by atoms with Gasteiger partial charge in [-0.05, 0) is 13.0 Å². The number of fused-ring (bicyclic) bond motifs is 2. The van der Waals surface area contributed by atoms with E-state index in [-0.39, 0.29) is 12.4 Å². The number of imidazole rings is 1. The number of anilines is 2. The molecule has 0 bridgehead atoms. The minimum absolute atomic E-state index is 0.151. The first kappa shape index (κ1) is 21.6. The van der Waals surface area contributed by atoms with Crippen LogP contribution in [0.3, 0.4) is 0 Å². The Kier molecular flexibility index (Phi) is 6.40. The van der Waals surface area contributed by atoms with Crippen molar-refractivity contribution in [2.45, 2.75) is 50.2 Å². The topological polar surface area (TPSA) is 176 Å². The molecule has 1 unspecified atom stereocenters. The second-order valence-electron chi connectivity index (χ2n) is 7.73. The van der Waals surface area contributed by atoms with Gasteiger partial charge in [0.05, 0.1) is 0 Å². The Balaban J connectivity index is 1.50. The summed E-state index contributed by atoms with van der Waals surface area (Å²) < 4.78 is 18.5. The van der Waals surface area contributed by atoms with Crippen LogP contribution in [0.2, 0.25) is 0 Å². The van der Waals surface area contributed by atoms with Crippen LogP contribution in [0.4, 0.5) is 11.8 Å². The van der Waals surface area contributed by atoms with Gasteiger partial charge >= 0.3 is 150 Å². The number of aromatic nitrogens is 4. The molecule has 2 saturated heterocycles. The summed E-state index contributed by atoms with van der Waals surface area (Å²) in [5.74, 6) is 0.629. The third-order valence-electron chi connectivity index (χ3n) is 5.32. The van der Waals surface area contributed by atoms with Crippen LogP contribution in [0.1, 0.15) is 31.9 Å². The van der Waals surface area contributed by atoms with Gasteiger partial charge in [-0.15, -0.1) is 0 Å². The zero-order valence-corrected chi connectivity index (χ0v) is 17.9. The zero-order valence-electron chi connectivity index (χ0n) is 16.9. The molecule has 2 aromatic rings. The first-order valence-electron chi connectivity index (χ1n) is 10.2. The molecule has 2 aliphatic heterocycles. The Morgan fingerprint density at radius 1 is 1.30 bits per heavy atom. The number of aliphatic hydroxyl groups excluding tert-OH is 1. The SMILES string of the molecule is B[PH]1(O)OC[C@H]2O[C@@H](n3cnc4c(N)nc(NCCCCCCN)nc43)C(O)[C@H]2O1. The number of ether oxygens (including phenoxy) is 1. The van der Waals surface area contributed by atoms with E-state index in [0.717, 1.165) is 25.7 Å². The van der Waals surface area contributed by atoms with E-state index < -0.39 is 32.4 Å². The Morgan fingerprint density at radius 2 is 2.10 bits per heavy atom. The van der Waals surface area contributed by atoms with Crippen LogP contribution in [0, 0.1) is 0 Å². The maximum atomic E-state index is 10.8. The van der Waals surface area contributed by atoms with Crippen LogP contribution in [0.5, 0.6) is 0 Å². The predicted octanol–water partition coefficient (Wildman–Crippen LogP) is -0.951. The number of hydrogen-bond donors (Lipinski definition) is 5. The van der Waals surface area contributed by atoms with Crippen molar-refractivity contribution < 1.29 is 23.8 Å². The van der Waals surface area contributed by atoms with Gasteiger partial charge in [-0.25, -0.2) is 0 Å². The first-order valence-corrected chi connectivity index (χ1v) is 12.5. The molecule has 4 heterocycles. The molecule has 0 radical (unpaired) electrons. The molecule has 14 heteroatoms. The van der Waals surface area contributed by atoms with E-state index in [1.165, 1.54) is 13.9 Å². The van der Waals surface area contributed by atoms with Crippen LogP contribution < -0.4 is 16.8 Å². The number of aliphatic hydroxyl groups is 1. The monoisotopic (exact) mass is 441 g/mol. The third-order valence-corrected chi connectivity index (χ3v) is 6.73. The molecule has 0 aliphatic carbocycles. The summed E-state index contributed by atoms with van der Waals surface area (Å²) in [6, 6.07) is 0. The molecular weight excluding hydrogens is 412 g/mol. The second-order valence-corrected chi connectivity index (χ2v) is 10.1. The van der Waals surface area contributed by atoms with E-state index in [4.69, 9.17) is 25.3 Å². The van der Waals surface area contributed by atoms with Gasteiger partial charge < -0.3 is 5.73 Å². The van der Waals surface area contributed by atoms with Crippen molar-refractivity contribution in [2.75, 3.05) is 30.7 Å². The summed E-state index contributed by atoms with van der Waals surface area (Å²) in [6.45, 7) is 1.57. The van der Waals surface area contributed by atoms with Crippen LogP contribution in [0.15, 0.2) is 6.33 Å². The molecule has 0 amide bonds. The molecule has 4 atom stereocenters. The summed E-state index contributed by atoms with van der Waals surface area (Å²) in [5, 5.41) is 14.0. The number of nitrogen functional groups attached to an aromatic ring is 1. The summed E-state index contributed by atoms with van der Waals surface area (Å²) in [6.07, 6.45) is 2.65. The van der Waals surface area contributed by atoms with Crippen molar-refractivity contribution in [3.63, 3.8) is 0 Å². The fourth-order valence-electron chi connectivity index (χ4n) is 3.78. The number of nitrogens with two attached hydrogens (primary N) is 2. The molecule has 2 aromatic heterocycles. The van der Waals surface area contributed by atoms with Gasteiger partial charge in [0.2, 0.25) is 0 Å². The first-order chi connectivity index (χ1) is 14.4. The van der Waals surface area contributed by atoms with Gasteiger partial charge in [0.1, 0.15) is 0 Å². The molecule has 0 saturated carbocycles. The average molecular weight is 441 g/mol. The number of unbranched alkanes of at least 4 members (excludes halogenated alkanes) is 3. The number of nitrogens with one attached hydrogen (secondary N) is 1. The van der Waals surface area contributed by atoms with Crippen molar-refractivity contribution in [2.24, 2.45) is 5.73 Å². The van der Waals surface area contributed by atoms with Gasteiger partial charge in [-0.2, -0.15) is 0 Å². The molecule has 2 aliphatic rings. The Labute approximate surface area is 175 Å². The Hall–Kier alpha value is -1.60. The average Bonchev–Trinajstić information content (AvgIpc) is 3.25. The molecule has 166 valence electrons.